The van der Waals surface area contributed by atoms with Crippen molar-refractivity contribution in [3.63, 3.8) is 0 Å². The molecule has 2 aromatic carbocycles. The number of nitrogens with one attached hydrogen (secondary N) is 2. The molecular formula is C19H17BrF2N2O4S. The molecule has 0 fully saturated rings. The number of benzene rings is 2. The third-order valence-electron chi connectivity index (χ3n) is 3.52. The van der Waals surface area contributed by atoms with E-state index in [2.05, 4.69) is 26.6 Å². The first kappa shape index (κ1) is 22.8. The molecule has 2 N–H and O–H groups in total. The number of esters is 1. The van der Waals surface area contributed by atoms with Crippen molar-refractivity contribution in [3.8, 4) is 0 Å². The van der Waals surface area contributed by atoms with Crippen LogP contribution in [0.4, 0.5) is 14.5 Å². The SMILES string of the molecule is CC(OC(=O)CNC(=O)c1ccc(Br)cc1)C(=O)Nc1ccc(SC(F)F)cc1. The third kappa shape index (κ3) is 7.82. The van der Waals surface area contributed by atoms with Crippen LogP contribution >= 0.6 is 27.7 Å². The van der Waals surface area contributed by atoms with Gasteiger partial charge in [-0.2, -0.15) is 8.78 Å². The van der Waals surface area contributed by atoms with E-state index in [1.165, 1.54) is 31.2 Å². The van der Waals surface area contributed by atoms with Crippen molar-refractivity contribution in [2.45, 2.75) is 23.7 Å². The summed E-state index contributed by atoms with van der Waals surface area (Å²) in [5.41, 5.74) is 0.750. The molecule has 0 aliphatic carbocycles. The molecule has 2 rings (SSSR count). The van der Waals surface area contributed by atoms with E-state index in [9.17, 15) is 23.2 Å². The number of carbonyl (C=O) groups excluding carboxylic acids is 3. The molecule has 0 saturated heterocycles. The van der Waals surface area contributed by atoms with Gasteiger partial charge < -0.3 is 15.4 Å². The molecule has 29 heavy (non-hydrogen) atoms. The van der Waals surface area contributed by atoms with Crippen LogP contribution < -0.4 is 10.6 Å². The lowest BCUT2D eigenvalue weighted by Gasteiger charge is -2.14. The van der Waals surface area contributed by atoms with E-state index in [1.807, 2.05) is 0 Å². The molecule has 1 atom stereocenters. The topological polar surface area (TPSA) is 84.5 Å². The molecule has 0 aliphatic rings. The first-order valence-electron chi connectivity index (χ1n) is 8.33. The van der Waals surface area contributed by atoms with Crippen molar-refractivity contribution in [1.82, 2.24) is 5.32 Å². The van der Waals surface area contributed by atoms with Crippen LogP contribution in [-0.2, 0) is 14.3 Å². The average Bonchev–Trinajstić information content (AvgIpc) is 2.67. The fraction of sp³-hybridized carbons (Fsp3) is 0.211. The van der Waals surface area contributed by atoms with Gasteiger partial charge in [0.15, 0.2) is 6.10 Å². The number of anilines is 1. The Kier molecular flexibility index (Phi) is 8.59. The highest BCUT2D eigenvalue weighted by Gasteiger charge is 2.18. The van der Waals surface area contributed by atoms with Crippen molar-refractivity contribution in [1.29, 1.82) is 0 Å². The quantitative estimate of drug-likeness (QED) is 0.434. The fourth-order valence-corrected chi connectivity index (χ4v) is 2.88. The number of halogens is 3. The Morgan fingerprint density at radius 2 is 1.69 bits per heavy atom. The summed E-state index contributed by atoms with van der Waals surface area (Å²) >= 11 is 3.65. The first-order chi connectivity index (χ1) is 13.7. The van der Waals surface area contributed by atoms with E-state index < -0.39 is 36.2 Å². The maximum atomic E-state index is 12.3. The van der Waals surface area contributed by atoms with Crippen LogP contribution in [0.1, 0.15) is 17.3 Å². The summed E-state index contributed by atoms with van der Waals surface area (Å²) in [6.07, 6.45) is -1.11. The highest BCUT2D eigenvalue weighted by atomic mass is 79.9. The predicted octanol–water partition coefficient (Wildman–Crippen LogP) is 4.06. The lowest BCUT2D eigenvalue weighted by atomic mass is 10.2. The van der Waals surface area contributed by atoms with Crippen molar-refractivity contribution >= 4 is 51.2 Å². The molecule has 0 aromatic heterocycles. The van der Waals surface area contributed by atoms with Gasteiger partial charge in [0.05, 0.1) is 0 Å². The Bertz CT molecular complexity index is 864. The van der Waals surface area contributed by atoms with Gasteiger partial charge in [-0.1, -0.05) is 27.7 Å². The predicted molar refractivity (Wildman–Crippen MR) is 109 cm³/mol. The molecule has 0 bridgehead atoms. The van der Waals surface area contributed by atoms with Crippen LogP contribution in [0.2, 0.25) is 0 Å². The number of hydrogen-bond acceptors (Lipinski definition) is 5. The van der Waals surface area contributed by atoms with Crippen molar-refractivity contribution in [2.75, 3.05) is 11.9 Å². The third-order valence-corrected chi connectivity index (χ3v) is 4.78. The molecule has 154 valence electrons. The lowest BCUT2D eigenvalue weighted by molar-refractivity contribution is -0.152. The van der Waals surface area contributed by atoms with Gasteiger partial charge in [-0.25, -0.2) is 0 Å². The zero-order chi connectivity index (χ0) is 21.4. The Balaban J connectivity index is 1.78. The molecule has 1 unspecified atom stereocenters. The average molecular weight is 487 g/mol. The maximum absolute atomic E-state index is 12.3. The second-order valence-electron chi connectivity index (χ2n) is 5.71. The Labute approximate surface area is 178 Å². The summed E-state index contributed by atoms with van der Waals surface area (Å²) in [7, 11) is 0. The zero-order valence-corrected chi connectivity index (χ0v) is 17.6. The number of amides is 2. The number of thioether (sulfide) groups is 1. The molecule has 10 heteroatoms. The molecule has 0 saturated carbocycles. The molecule has 0 radical (unpaired) electrons. The highest BCUT2D eigenvalue weighted by molar-refractivity contribution is 9.10. The summed E-state index contributed by atoms with van der Waals surface area (Å²) in [4.78, 5) is 36.3. The second kappa shape index (κ2) is 10.9. The van der Waals surface area contributed by atoms with E-state index >= 15 is 0 Å². The van der Waals surface area contributed by atoms with Crippen LogP contribution in [0.5, 0.6) is 0 Å². The molecule has 2 aromatic rings. The maximum Gasteiger partial charge on any atom is 0.326 e. The number of rotatable bonds is 8. The lowest BCUT2D eigenvalue weighted by Crippen LogP contribution is -2.35. The van der Waals surface area contributed by atoms with E-state index in [4.69, 9.17) is 4.74 Å². The summed E-state index contributed by atoms with van der Waals surface area (Å²) in [5, 5.41) is 4.93. The minimum Gasteiger partial charge on any atom is -0.451 e. The van der Waals surface area contributed by atoms with Gasteiger partial charge in [-0.15, -0.1) is 0 Å². The first-order valence-corrected chi connectivity index (χ1v) is 10.0. The molecule has 0 spiro atoms. The van der Waals surface area contributed by atoms with Gasteiger partial charge in [-0.3, -0.25) is 14.4 Å². The van der Waals surface area contributed by atoms with Gasteiger partial charge >= 0.3 is 5.97 Å². The van der Waals surface area contributed by atoms with Crippen LogP contribution in [0, 0.1) is 0 Å². The van der Waals surface area contributed by atoms with Crippen LogP contribution in [-0.4, -0.2) is 36.2 Å². The largest absolute Gasteiger partial charge is 0.451 e. The zero-order valence-electron chi connectivity index (χ0n) is 15.2. The minimum absolute atomic E-state index is 0.360. The molecule has 0 aliphatic heterocycles. The van der Waals surface area contributed by atoms with Crippen LogP contribution in [0.15, 0.2) is 57.9 Å². The molecular weight excluding hydrogens is 470 g/mol. The number of carbonyl (C=O) groups is 3. The number of hydrogen-bond donors (Lipinski definition) is 2. The molecule has 0 heterocycles. The summed E-state index contributed by atoms with van der Waals surface area (Å²) in [5.74, 6) is -4.35. The molecule has 2 amide bonds. The van der Waals surface area contributed by atoms with E-state index in [0.29, 0.717) is 27.9 Å². The minimum atomic E-state index is -2.53. The number of ether oxygens (including phenoxy) is 1. The fourth-order valence-electron chi connectivity index (χ4n) is 2.11. The second-order valence-corrected chi connectivity index (χ2v) is 7.69. The van der Waals surface area contributed by atoms with E-state index in [0.717, 1.165) is 4.47 Å². The van der Waals surface area contributed by atoms with Crippen LogP contribution in [0.25, 0.3) is 0 Å². The van der Waals surface area contributed by atoms with Gasteiger partial charge in [0.25, 0.3) is 17.6 Å². The Morgan fingerprint density at radius 1 is 1.07 bits per heavy atom. The standard InChI is InChI=1S/C19H17BrF2N2O4S/c1-11(17(26)24-14-6-8-15(9-7-14)29-19(21)22)28-16(25)10-23-18(27)12-2-4-13(20)5-3-12/h2-9,11,19H,10H2,1H3,(H,23,27)(H,24,26). The molecule has 6 nitrogen and oxygen atoms in total. The normalized spacial score (nSPS) is 11.6. The summed E-state index contributed by atoms with van der Waals surface area (Å²) in [6, 6.07) is 12.4. The van der Waals surface area contributed by atoms with Crippen molar-refractivity contribution < 1.29 is 27.9 Å². The van der Waals surface area contributed by atoms with Crippen LogP contribution in [0.3, 0.4) is 0 Å². The highest BCUT2D eigenvalue weighted by Crippen LogP contribution is 2.26. The van der Waals surface area contributed by atoms with E-state index in [1.54, 1.807) is 24.3 Å². The van der Waals surface area contributed by atoms with Gasteiger partial charge in [0.2, 0.25) is 0 Å². The Hall–Kier alpha value is -2.46. The smallest absolute Gasteiger partial charge is 0.326 e. The van der Waals surface area contributed by atoms with Crippen molar-refractivity contribution in [2.24, 2.45) is 0 Å². The van der Waals surface area contributed by atoms with Gasteiger partial charge in [-0.05, 0) is 55.5 Å². The van der Waals surface area contributed by atoms with Crippen molar-refractivity contribution in [3.05, 3.63) is 58.6 Å². The Morgan fingerprint density at radius 3 is 2.28 bits per heavy atom. The summed E-state index contributed by atoms with van der Waals surface area (Å²) in [6.45, 7) is 0.983. The van der Waals surface area contributed by atoms with E-state index in [-0.39, 0.29) is 0 Å². The monoisotopic (exact) mass is 486 g/mol. The van der Waals surface area contributed by atoms with Gasteiger partial charge in [0, 0.05) is 20.6 Å². The number of alkyl halides is 2. The van der Waals surface area contributed by atoms with Gasteiger partial charge in [0.1, 0.15) is 6.54 Å². The summed E-state index contributed by atoms with van der Waals surface area (Å²) < 4.78 is 30.4.